The molecule has 2 atom stereocenters. The van der Waals surface area contributed by atoms with Crippen LogP contribution in [0.3, 0.4) is 0 Å². The van der Waals surface area contributed by atoms with Crippen LogP contribution in [0, 0.1) is 11.8 Å². The van der Waals surface area contributed by atoms with Gasteiger partial charge in [-0.15, -0.1) is 0 Å². The topological polar surface area (TPSA) is 63.4 Å². The van der Waals surface area contributed by atoms with E-state index in [2.05, 4.69) is 6.92 Å². The summed E-state index contributed by atoms with van der Waals surface area (Å²) < 4.78 is 25.5. The molecule has 5 heteroatoms. The van der Waals surface area contributed by atoms with Crippen LogP contribution in [0.2, 0.25) is 0 Å². The molecule has 0 amide bonds. The fraction of sp³-hybridized carbons (Fsp3) is 1.00. The number of nitrogens with zero attached hydrogens (tertiary/aromatic N) is 1. The first kappa shape index (κ1) is 12.9. The Kier molecular flexibility index (Phi) is 4.14. The molecule has 1 saturated heterocycles. The first-order valence-electron chi connectivity index (χ1n) is 5.54. The molecule has 0 spiro atoms. The molecule has 0 bridgehead atoms. The number of hydrogen-bond donors (Lipinski definition) is 1. The summed E-state index contributed by atoms with van der Waals surface area (Å²) >= 11 is 0. The zero-order valence-corrected chi connectivity index (χ0v) is 10.6. The number of sulfonamides is 1. The minimum atomic E-state index is -3.10. The van der Waals surface area contributed by atoms with Gasteiger partial charge in [0.25, 0.3) is 0 Å². The molecule has 0 aromatic heterocycles. The standard InChI is InChI=1S/C10H22N2O2S/c1-8(2)7-15(13,14)12-5-9(3)4-10(11)6-12/h8-10H,4-7,11H2,1-3H3. The molecule has 0 aromatic rings. The Morgan fingerprint density at radius 2 is 2.00 bits per heavy atom. The lowest BCUT2D eigenvalue weighted by Crippen LogP contribution is -2.49. The van der Waals surface area contributed by atoms with Gasteiger partial charge in [-0.2, -0.15) is 0 Å². The fourth-order valence-corrected chi connectivity index (χ4v) is 4.06. The lowest BCUT2D eigenvalue weighted by molar-refractivity contribution is 0.253. The van der Waals surface area contributed by atoms with Crippen LogP contribution in [0.25, 0.3) is 0 Å². The monoisotopic (exact) mass is 234 g/mol. The van der Waals surface area contributed by atoms with E-state index >= 15 is 0 Å². The van der Waals surface area contributed by atoms with Crippen molar-refractivity contribution in [2.75, 3.05) is 18.8 Å². The van der Waals surface area contributed by atoms with Crippen molar-refractivity contribution in [3.63, 3.8) is 0 Å². The average Bonchev–Trinajstić information content (AvgIpc) is 1.99. The van der Waals surface area contributed by atoms with Gasteiger partial charge in [-0.05, 0) is 18.3 Å². The quantitative estimate of drug-likeness (QED) is 0.779. The normalized spacial score (nSPS) is 29.7. The fourth-order valence-electron chi connectivity index (χ4n) is 2.10. The van der Waals surface area contributed by atoms with Gasteiger partial charge in [-0.1, -0.05) is 20.8 Å². The maximum Gasteiger partial charge on any atom is 0.214 e. The molecule has 1 rings (SSSR count). The summed E-state index contributed by atoms with van der Waals surface area (Å²) in [5.74, 6) is 0.769. The molecule has 15 heavy (non-hydrogen) atoms. The van der Waals surface area contributed by atoms with Crippen molar-refractivity contribution in [2.45, 2.75) is 33.2 Å². The third kappa shape index (κ3) is 3.74. The molecular weight excluding hydrogens is 212 g/mol. The first-order chi connectivity index (χ1) is 6.81. The van der Waals surface area contributed by atoms with Crippen molar-refractivity contribution in [1.82, 2.24) is 4.31 Å². The van der Waals surface area contributed by atoms with Crippen LogP contribution in [0.15, 0.2) is 0 Å². The first-order valence-corrected chi connectivity index (χ1v) is 7.15. The molecule has 2 N–H and O–H groups in total. The van der Waals surface area contributed by atoms with Crippen LogP contribution in [-0.2, 0) is 10.0 Å². The predicted molar refractivity (Wildman–Crippen MR) is 62.0 cm³/mol. The Morgan fingerprint density at radius 1 is 1.40 bits per heavy atom. The van der Waals surface area contributed by atoms with Gasteiger partial charge in [0.1, 0.15) is 0 Å². The van der Waals surface area contributed by atoms with Crippen LogP contribution >= 0.6 is 0 Å². The van der Waals surface area contributed by atoms with Crippen LogP contribution in [0.4, 0.5) is 0 Å². The summed E-state index contributed by atoms with van der Waals surface area (Å²) in [5, 5.41) is 0. The van der Waals surface area contributed by atoms with E-state index in [0.717, 1.165) is 6.42 Å². The Hall–Kier alpha value is -0.130. The smallest absolute Gasteiger partial charge is 0.214 e. The van der Waals surface area contributed by atoms with Crippen molar-refractivity contribution in [3.05, 3.63) is 0 Å². The molecule has 90 valence electrons. The summed E-state index contributed by atoms with van der Waals surface area (Å²) in [5.41, 5.74) is 5.84. The van der Waals surface area contributed by atoms with Crippen LogP contribution in [0.5, 0.6) is 0 Å². The summed E-state index contributed by atoms with van der Waals surface area (Å²) in [7, 11) is -3.10. The number of rotatable bonds is 3. The van der Waals surface area contributed by atoms with Crippen LogP contribution in [0.1, 0.15) is 27.2 Å². The van der Waals surface area contributed by atoms with Gasteiger partial charge < -0.3 is 5.73 Å². The van der Waals surface area contributed by atoms with Crippen molar-refractivity contribution < 1.29 is 8.42 Å². The highest BCUT2D eigenvalue weighted by Gasteiger charge is 2.30. The summed E-state index contributed by atoms with van der Waals surface area (Å²) in [6, 6.07) is -0.00399. The molecule has 0 radical (unpaired) electrons. The minimum absolute atomic E-state index is 0.00399. The van der Waals surface area contributed by atoms with E-state index in [1.807, 2.05) is 13.8 Å². The van der Waals surface area contributed by atoms with Crippen molar-refractivity contribution in [1.29, 1.82) is 0 Å². The summed E-state index contributed by atoms with van der Waals surface area (Å²) in [6.45, 7) is 7.01. The van der Waals surface area contributed by atoms with Gasteiger partial charge in [0.15, 0.2) is 0 Å². The highest BCUT2D eigenvalue weighted by molar-refractivity contribution is 7.89. The minimum Gasteiger partial charge on any atom is -0.326 e. The molecule has 1 aliphatic rings. The molecule has 0 aromatic carbocycles. The zero-order chi connectivity index (χ0) is 11.6. The molecule has 0 aliphatic carbocycles. The Morgan fingerprint density at radius 3 is 2.47 bits per heavy atom. The molecule has 2 unspecified atom stereocenters. The number of hydrogen-bond acceptors (Lipinski definition) is 3. The summed E-state index contributed by atoms with van der Waals surface area (Å²) in [4.78, 5) is 0. The molecule has 1 fully saturated rings. The SMILES string of the molecule is CC(C)CS(=O)(=O)N1CC(C)CC(N)C1. The average molecular weight is 234 g/mol. The molecular formula is C10H22N2O2S. The van der Waals surface area contributed by atoms with E-state index < -0.39 is 10.0 Å². The Labute approximate surface area is 92.9 Å². The number of nitrogens with two attached hydrogens (primary N) is 1. The zero-order valence-electron chi connectivity index (χ0n) is 9.81. The lowest BCUT2D eigenvalue weighted by atomic mass is 9.99. The second-order valence-electron chi connectivity index (χ2n) is 5.09. The predicted octanol–water partition coefficient (Wildman–Crippen LogP) is 0.641. The van der Waals surface area contributed by atoms with Crippen molar-refractivity contribution >= 4 is 10.0 Å². The maximum absolute atomic E-state index is 12.0. The van der Waals surface area contributed by atoms with E-state index in [9.17, 15) is 8.42 Å². The molecule has 0 saturated carbocycles. The molecule has 1 heterocycles. The van der Waals surface area contributed by atoms with Crippen molar-refractivity contribution in [2.24, 2.45) is 17.6 Å². The van der Waals surface area contributed by atoms with Crippen LogP contribution < -0.4 is 5.73 Å². The molecule has 4 nitrogen and oxygen atoms in total. The maximum atomic E-state index is 12.0. The van der Waals surface area contributed by atoms with E-state index in [0.29, 0.717) is 19.0 Å². The van der Waals surface area contributed by atoms with Gasteiger partial charge in [-0.25, -0.2) is 12.7 Å². The lowest BCUT2D eigenvalue weighted by Gasteiger charge is -2.34. The largest absolute Gasteiger partial charge is 0.326 e. The van der Waals surface area contributed by atoms with Crippen LogP contribution in [-0.4, -0.2) is 37.6 Å². The van der Waals surface area contributed by atoms with Gasteiger partial charge in [-0.3, -0.25) is 0 Å². The van der Waals surface area contributed by atoms with Gasteiger partial charge >= 0.3 is 0 Å². The van der Waals surface area contributed by atoms with E-state index in [-0.39, 0.29) is 17.7 Å². The summed E-state index contributed by atoms with van der Waals surface area (Å²) in [6.07, 6.45) is 0.924. The van der Waals surface area contributed by atoms with Crippen molar-refractivity contribution in [3.8, 4) is 0 Å². The second-order valence-corrected chi connectivity index (χ2v) is 7.10. The highest BCUT2D eigenvalue weighted by Crippen LogP contribution is 2.19. The van der Waals surface area contributed by atoms with Gasteiger partial charge in [0, 0.05) is 19.1 Å². The number of piperidine rings is 1. The Balaban J connectivity index is 2.70. The Bertz CT molecular complexity index is 291. The third-order valence-corrected chi connectivity index (χ3v) is 4.77. The molecule has 1 aliphatic heterocycles. The van der Waals surface area contributed by atoms with E-state index in [4.69, 9.17) is 5.73 Å². The van der Waals surface area contributed by atoms with E-state index in [1.54, 1.807) is 4.31 Å². The second kappa shape index (κ2) is 4.80. The third-order valence-electron chi connectivity index (χ3n) is 2.60. The van der Waals surface area contributed by atoms with Gasteiger partial charge in [0.2, 0.25) is 10.0 Å². The highest BCUT2D eigenvalue weighted by atomic mass is 32.2. The van der Waals surface area contributed by atoms with Gasteiger partial charge in [0.05, 0.1) is 5.75 Å². The van der Waals surface area contributed by atoms with E-state index in [1.165, 1.54) is 0 Å².